The van der Waals surface area contributed by atoms with Gasteiger partial charge in [0.25, 0.3) is 0 Å². The maximum Gasteiger partial charge on any atom is 0.418 e. The van der Waals surface area contributed by atoms with Crippen LogP contribution in [0.4, 0.5) is 13.2 Å². The molecule has 0 saturated carbocycles. The molecule has 0 saturated heterocycles. The number of halogens is 3. The van der Waals surface area contributed by atoms with E-state index in [-0.39, 0.29) is 54.5 Å². The molecule has 0 bridgehead atoms. The molecule has 0 fully saturated rings. The van der Waals surface area contributed by atoms with Crippen molar-refractivity contribution in [1.29, 1.82) is 0 Å². The van der Waals surface area contributed by atoms with Gasteiger partial charge in [0.2, 0.25) is 0 Å². The second-order valence-electron chi connectivity index (χ2n) is 15.9. The SMILES string of the molecule is CC(C)(C)c1cc(-c2cc(-c3ccc4c5ccccc5c5ccccc5c4c3)c(C(F)(F)F)cn2)[c-]c2ccccc12.CCC(CC)C(=O)/C=C(\O)C(CC)CC.[Ir]. The number of nitrogens with zero attached hydrogens (tertiary/aromatic N) is 1. The molecule has 0 aliphatic rings. The number of carbonyl (C=O) groups is 1. The van der Waals surface area contributed by atoms with Crippen molar-refractivity contribution in [3.63, 3.8) is 0 Å². The molecule has 7 heteroatoms. The summed E-state index contributed by atoms with van der Waals surface area (Å²) in [5.41, 5.74) is 1.89. The molecule has 7 rings (SSSR count). The second kappa shape index (κ2) is 18.4. The van der Waals surface area contributed by atoms with Crippen molar-refractivity contribution in [3.8, 4) is 22.4 Å². The fourth-order valence-corrected chi connectivity index (χ4v) is 7.91. The van der Waals surface area contributed by atoms with E-state index in [1.165, 1.54) is 6.08 Å². The monoisotopic (exact) mass is 959 g/mol. The van der Waals surface area contributed by atoms with Gasteiger partial charge in [-0.1, -0.05) is 144 Å². The van der Waals surface area contributed by atoms with E-state index in [0.29, 0.717) is 16.8 Å². The van der Waals surface area contributed by atoms with Crippen LogP contribution >= 0.6 is 0 Å². The van der Waals surface area contributed by atoms with E-state index in [0.717, 1.165) is 80.5 Å². The molecule has 0 atom stereocenters. The van der Waals surface area contributed by atoms with Gasteiger partial charge in [-0.3, -0.25) is 9.78 Å². The topological polar surface area (TPSA) is 50.2 Å². The predicted molar refractivity (Wildman–Crippen MR) is 232 cm³/mol. The molecule has 1 aromatic heterocycles. The molecule has 0 aliphatic heterocycles. The minimum absolute atomic E-state index is 0. The molecular formula is C51H51F3IrNO2-. The molecule has 58 heavy (non-hydrogen) atoms. The molecular weight excluding hydrogens is 908 g/mol. The summed E-state index contributed by atoms with van der Waals surface area (Å²) in [5.74, 6) is 0.547. The van der Waals surface area contributed by atoms with Crippen molar-refractivity contribution < 1.29 is 43.2 Å². The number of rotatable bonds is 9. The number of hydrogen-bond acceptors (Lipinski definition) is 3. The largest absolute Gasteiger partial charge is 0.512 e. The van der Waals surface area contributed by atoms with Gasteiger partial charge in [0.1, 0.15) is 0 Å². The molecule has 1 radical (unpaired) electrons. The van der Waals surface area contributed by atoms with E-state index in [1.807, 2.05) is 94.4 Å². The van der Waals surface area contributed by atoms with Crippen LogP contribution in [0.2, 0.25) is 0 Å². The zero-order valence-electron chi connectivity index (χ0n) is 34.2. The van der Waals surface area contributed by atoms with Crippen LogP contribution in [0.15, 0.2) is 121 Å². The zero-order valence-corrected chi connectivity index (χ0v) is 36.6. The van der Waals surface area contributed by atoms with Crippen molar-refractivity contribution in [2.75, 3.05) is 0 Å². The Hall–Kier alpha value is -4.84. The van der Waals surface area contributed by atoms with Crippen LogP contribution in [-0.4, -0.2) is 15.9 Å². The Labute approximate surface area is 353 Å². The van der Waals surface area contributed by atoms with Gasteiger partial charge in [0, 0.05) is 49.9 Å². The van der Waals surface area contributed by atoms with E-state index in [1.54, 1.807) is 12.1 Å². The molecule has 6 aromatic carbocycles. The first-order chi connectivity index (χ1) is 27.2. The number of aliphatic hydroxyl groups is 1. The van der Waals surface area contributed by atoms with Crippen LogP contribution in [0.25, 0.3) is 65.5 Å². The summed E-state index contributed by atoms with van der Waals surface area (Å²) < 4.78 is 43.3. The number of alkyl halides is 3. The smallest absolute Gasteiger partial charge is 0.418 e. The Morgan fingerprint density at radius 3 is 1.69 bits per heavy atom. The molecule has 1 N–H and O–H groups in total. The van der Waals surface area contributed by atoms with Crippen molar-refractivity contribution in [1.82, 2.24) is 4.98 Å². The Morgan fingerprint density at radius 2 is 1.17 bits per heavy atom. The average Bonchev–Trinajstić information content (AvgIpc) is 3.20. The summed E-state index contributed by atoms with van der Waals surface area (Å²) in [6.07, 6.45) is 1.31. The third kappa shape index (κ3) is 9.22. The fraction of sp³-hybridized carbons (Fsp3) is 0.294. The number of aromatic nitrogens is 1. The third-order valence-electron chi connectivity index (χ3n) is 11.2. The first-order valence-corrected chi connectivity index (χ1v) is 20.0. The molecule has 0 aliphatic carbocycles. The third-order valence-corrected chi connectivity index (χ3v) is 11.2. The Kier molecular flexibility index (Phi) is 14.0. The van der Waals surface area contributed by atoms with Gasteiger partial charge in [-0.15, -0.1) is 29.1 Å². The number of pyridine rings is 1. The summed E-state index contributed by atoms with van der Waals surface area (Å²) in [5, 5.41) is 18.0. The van der Waals surface area contributed by atoms with E-state index >= 15 is 0 Å². The summed E-state index contributed by atoms with van der Waals surface area (Å²) in [7, 11) is 0. The Balaban J connectivity index is 0.000000344. The molecule has 3 nitrogen and oxygen atoms in total. The van der Waals surface area contributed by atoms with Gasteiger partial charge in [0.05, 0.1) is 11.3 Å². The van der Waals surface area contributed by atoms with E-state index < -0.39 is 11.7 Å². The van der Waals surface area contributed by atoms with Gasteiger partial charge in [-0.25, -0.2) is 0 Å². The summed E-state index contributed by atoms with van der Waals surface area (Å²) in [6.45, 7) is 14.5. The van der Waals surface area contributed by atoms with Crippen molar-refractivity contribution >= 4 is 48.9 Å². The number of fused-ring (bicyclic) bond motifs is 7. The zero-order chi connectivity index (χ0) is 41.1. The van der Waals surface area contributed by atoms with Gasteiger partial charge in [0.15, 0.2) is 5.78 Å². The van der Waals surface area contributed by atoms with E-state index in [9.17, 15) is 23.1 Å². The van der Waals surface area contributed by atoms with Crippen molar-refractivity contribution in [3.05, 3.63) is 138 Å². The maximum atomic E-state index is 14.4. The van der Waals surface area contributed by atoms with Crippen molar-refractivity contribution in [2.24, 2.45) is 11.8 Å². The summed E-state index contributed by atoms with van der Waals surface area (Å²) >= 11 is 0. The van der Waals surface area contributed by atoms with Crippen LogP contribution in [0.1, 0.15) is 85.3 Å². The fourth-order valence-electron chi connectivity index (χ4n) is 7.91. The van der Waals surface area contributed by atoms with Gasteiger partial charge >= 0.3 is 6.18 Å². The van der Waals surface area contributed by atoms with E-state index in [2.05, 4.69) is 56.1 Å². The molecule has 1 heterocycles. The molecule has 0 amide bonds. The summed E-state index contributed by atoms with van der Waals surface area (Å²) in [4.78, 5) is 16.0. The van der Waals surface area contributed by atoms with Crippen LogP contribution in [-0.2, 0) is 36.5 Å². The van der Waals surface area contributed by atoms with Crippen molar-refractivity contribution in [2.45, 2.75) is 85.7 Å². The van der Waals surface area contributed by atoms with Gasteiger partial charge in [-0.05, 0) is 80.6 Å². The standard InChI is InChI=1S/C38H27F3N.C13H24O2.Ir/c1-37(2,3)34-20-25(18-23-10-4-5-11-26(23)34)36-21-32(35(22-42-36)38(39,40)41)24-16-17-31-29-14-7-6-12-27(29)28-13-8-9-15-30(28)33(31)19-24;1-5-10(6-2)12(14)9-13(15)11(7-3)8-4;/h4-17,19-22H,1-3H3;9-11,14H,5-8H2,1-4H3;/q-1;;/b;12-9-;. The van der Waals surface area contributed by atoms with Crippen LogP contribution in [0, 0.1) is 17.9 Å². The first kappa shape index (κ1) is 44.3. The Morgan fingerprint density at radius 1 is 0.672 bits per heavy atom. The second-order valence-corrected chi connectivity index (χ2v) is 15.9. The first-order valence-electron chi connectivity index (χ1n) is 20.0. The van der Waals surface area contributed by atoms with Crippen LogP contribution < -0.4 is 0 Å². The number of allylic oxidation sites excluding steroid dienone is 2. The number of ketones is 1. The van der Waals surface area contributed by atoms with Crippen LogP contribution in [0.5, 0.6) is 0 Å². The predicted octanol–water partition coefficient (Wildman–Crippen LogP) is 15.0. The summed E-state index contributed by atoms with van der Waals surface area (Å²) in [6, 6.07) is 36.9. The average molecular weight is 959 g/mol. The number of aliphatic hydroxyl groups excluding tert-OH is 1. The normalized spacial score (nSPS) is 12.3. The minimum atomic E-state index is -4.56. The molecule has 7 aromatic rings. The molecule has 303 valence electrons. The van der Waals surface area contributed by atoms with Gasteiger partial charge in [-0.2, -0.15) is 13.2 Å². The number of carbonyl (C=O) groups excluding carboxylic acids is 1. The van der Waals surface area contributed by atoms with E-state index in [4.69, 9.17) is 0 Å². The quantitative estimate of drug-likeness (QED) is 0.0679. The maximum absolute atomic E-state index is 14.4. The Bertz CT molecular complexity index is 2560. The number of hydrogen-bond donors (Lipinski definition) is 1. The minimum Gasteiger partial charge on any atom is -0.512 e. The molecule has 0 unspecified atom stereocenters. The molecule has 0 spiro atoms. The van der Waals surface area contributed by atoms with Crippen LogP contribution in [0.3, 0.4) is 0 Å². The number of benzene rings is 6. The van der Waals surface area contributed by atoms with Gasteiger partial charge < -0.3 is 5.11 Å².